The first-order chi connectivity index (χ1) is 15.0. The first-order valence-corrected chi connectivity index (χ1v) is 12.7. The van der Waals surface area contributed by atoms with Gasteiger partial charge < -0.3 is 15.2 Å². The van der Waals surface area contributed by atoms with Crippen molar-refractivity contribution in [3.05, 3.63) is 50.9 Å². The lowest BCUT2D eigenvalue weighted by atomic mass is 9.97. The summed E-state index contributed by atoms with van der Waals surface area (Å²) in [5.74, 6) is 1.95. The van der Waals surface area contributed by atoms with Gasteiger partial charge in [-0.05, 0) is 56.4 Å². The Kier molecular flexibility index (Phi) is 6.97. The fourth-order valence-corrected chi connectivity index (χ4v) is 5.92. The number of hydrogen-bond donors (Lipinski definition) is 2. The number of benzene rings is 1. The summed E-state index contributed by atoms with van der Waals surface area (Å²) in [5, 5.41) is 3.77. The minimum absolute atomic E-state index is 0.00774. The van der Waals surface area contributed by atoms with Crippen molar-refractivity contribution >= 4 is 50.6 Å². The van der Waals surface area contributed by atoms with Crippen molar-refractivity contribution in [2.75, 3.05) is 29.6 Å². The molecular formula is C23H28N4O2S2. The molecule has 6 nitrogen and oxygen atoms in total. The number of nitrogens with one attached hydrogen (secondary N) is 2. The summed E-state index contributed by atoms with van der Waals surface area (Å²) in [6, 6.07) is 7.87. The molecule has 0 fully saturated rings. The van der Waals surface area contributed by atoms with Crippen molar-refractivity contribution in [3.8, 4) is 0 Å². The minimum atomic E-state index is -0.0188. The Morgan fingerprint density at radius 3 is 3.00 bits per heavy atom. The molecule has 1 amide bonds. The van der Waals surface area contributed by atoms with Crippen LogP contribution in [0.3, 0.4) is 0 Å². The summed E-state index contributed by atoms with van der Waals surface area (Å²) in [4.78, 5) is 36.9. The van der Waals surface area contributed by atoms with E-state index >= 15 is 0 Å². The number of hydrogen-bond acceptors (Lipinski definition) is 6. The summed E-state index contributed by atoms with van der Waals surface area (Å²) in [5.41, 5.74) is 3.08. The number of anilines is 2. The van der Waals surface area contributed by atoms with Gasteiger partial charge in [-0.1, -0.05) is 6.07 Å². The number of thioether (sulfide) groups is 1. The third kappa shape index (κ3) is 5.13. The fraction of sp³-hybridized carbons (Fsp3) is 0.435. The van der Waals surface area contributed by atoms with Crippen molar-refractivity contribution in [3.63, 3.8) is 0 Å². The maximum Gasteiger partial charge on any atom is 0.259 e. The molecule has 2 N–H and O–H groups in total. The van der Waals surface area contributed by atoms with Crippen molar-refractivity contribution in [2.24, 2.45) is 0 Å². The number of H-pyrrole nitrogens is 1. The molecule has 8 heteroatoms. The van der Waals surface area contributed by atoms with Crippen LogP contribution in [0.5, 0.6) is 0 Å². The normalized spacial score (nSPS) is 13.2. The van der Waals surface area contributed by atoms with Crippen LogP contribution in [-0.2, 0) is 23.4 Å². The largest absolute Gasteiger partial charge is 0.375 e. The second kappa shape index (κ2) is 9.87. The predicted molar refractivity (Wildman–Crippen MR) is 132 cm³/mol. The molecule has 1 aromatic carbocycles. The molecule has 0 radical (unpaired) electrons. The third-order valence-corrected chi connectivity index (χ3v) is 7.79. The number of aryl methyl sites for hydroxylation is 2. The lowest BCUT2D eigenvalue weighted by molar-refractivity contribution is -0.115. The molecular weight excluding hydrogens is 428 g/mol. The molecule has 0 saturated carbocycles. The van der Waals surface area contributed by atoms with E-state index in [1.54, 1.807) is 23.1 Å². The van der Waals surface area contributed by atoms with E-state index in [4.69, 9.17) is 4.98 Å². The molecule has 0 bridgehead atoms. The summed E-state index contributed by atoms with van der Waals surface area (Å²) in [6.07, 6.45) is 4.81. The predicted octanol–water partition coefficient (Wildman–Crippen LogP) is 4.58. The lowest BCUT2D eigenvalue weighted by Gasteiger charge is -2.17. The van der Waals surface area contributed by atoms with Gasteiger partial charge in [-0.3, -0.25) is 9.59 Å². The highest BCUT2D eigenvalue weighted by Crippen LogP contribution is 2.33. The first-order valence-electron chi connectivity index (χ1n) is 10.8. The van der Waals surface area contributed by atoms with Crippen molar-refractivity contribution in [1.82, 2.24) is 9.97 Å². The SMILES string of the molecule is CCN(C)c1cccc(NC(=O)CCSCc2nc3sc4c(c3c(=O)[nH]2)CCCC4)c1. The third-order valence-electron chi connectivity index (χ3n) is 5.63. The molecule has 1 aliphatic carbocycles. The summed E-state index contributed by atoms with van der Waals surface area (Å²) in [7, 11) is 2.03. The Balaban J connectivity index is 1.30. The number of fused-ring (bicyclic) bond motifs is 3. The number of carbonyl (C=O) groups excluding carboxylic acids is 1. The van der Waals surface area contributed by atoms with Gasteiger partial charge in [-0.25, -0.2) is 4.98 Å². The average molecular weight is 457 g/mol. The highest BCUT2D eigenvalue weighted by molar-refractivity contribution is 7.98. The van der Waals surface area contributed by atoms with E-state index in [0.29, 0.717) is 23.8 Å². The van der Waals surface area contributed by atoms with E-state index in [1.807, 2.05) is 31.3 Å². The molecule has 1 aliphatic rings. The fourth-order valence-electron chi connectivity index (χ4n) is 3.84. The molecule has 0 spiro atoms. The van der Waals surface area contributed by atoms with Gasteiger partial charge in [0.25, 0.3) is 5.56 Å². The van der Waals surface area contributed by atoms with E-state index in [0.717, 1.165) is 47.4 Å². The van der Waals surface area contributed by atoms with Gasteiger partial charge in [0, 0.05) is 42.0 Å². The number of carbonyl (C=O) groups is 1. The van der Waals surface area contributed by atoms with E-state index in [1.165, 1.54) is 16.9 Å². The van der Waals surface area contributed by atoms with Crippen LogP contribution >= 0.6 is 23.1 Å². The molecule has 31 heavy (non-hydrogen) atoms. The van der Waals surface area contributed by atoms with E-state index in [9.17, 15) is 9.59 Å². The van der Waals surface area contributed by atoms with Gasteiger partial charge >= 0.3 is 0 Å². The van der Waals surface area contributed by atoms with Crippen molar-refractivity contribution in [2.45, 2.75) is 44.8 Å². The van der Waals surface area contributed by atoms with Crippen LogP contribution in [0.4, 0.5) is 11.4 Å². The second-order valence-corrected chi connectivity index (χ2v) is 10.0. The van der Waals surface area contributed by atoms with E-state index in [2.05, 4.69) is 22.1 Å². The molecule has 0 unspecified atom stereocenters. The average Bonchev–Trinajstić information content (AvgIpc) is 3.15. The van der Waals surface area contributed by atoms with Gasteiger partial charge in [0.05, 0.1) is 11.1 Å². The van der Waals surface area contributed by atoms with Crippen LogP contribution in [0.2, 0.25) is 0 Å². The Bertz CT molecular complexity index is 1140. The zero-order valence-electron chi connectivity index (χ0n) is 18.0. The van der Waals surface area contributed by atoms with Gasteiger partial charge in [-0.2, -0.15) is 11.8 Å². The topological polar surface area (TPSA) is 78.1 Å². The zero-order valence-corrected chi connectivity index (χ0v) is 19.6. The second-order valence-electron chi connectivity index (χ2n) is 7.82. The molecule has 2 aromatic heterocycles. The monoisotopic (exact) mass is 456 g/mol. The van der Waals surface area contributed by atoms with Gasteiger partial charge in [0.2, 0.25) is 5.91 Å². The maximum absolute atomic E-state index is 12.6. The number of thiophene rings is 1. The number of aromatic nitrogens is 2. The molecule has 4 rings (SSSR count). The maximum atomic E-state index is 12.6. The van der Waals surface area contributed by atoms with Crippen LogP contribution in [0.25, 0.3) is 10.2 Å². The number of aromatic amines is 1. The lowest BCUT2D eigenvalue weighted by Crippen LogP contribution is -2.17. The molecule has 2 heterocycles. The summed E-state index contributed by atoms with van der Waals surface area (Å²) < 4.78 is 0. The summed E-state index contributed by atoms with van der Waals surface area (Å²) in [6.45, 7) is 3.00. The number of nitrogens with zero attached hydrogens (tertiary/aromatic N) is 2. The van der Waals surface area contributed by atoms with Gasteiger partial charge in [0.15, 0.2) is 0 Å². The highest BCUT2D eigenvalue weighted by Gasteiger charge is 2.19. The van der Waals surface area contributed by atoms with E-state index < -0.39 is 0 Å². The van der Waals surface area contributed by atoms with Crippen LogP contribution in [0, 0.1) is 0 Å². The quantitative estimate of drug-likeness (QED) is 0.485. The molecule has 0 atom stereocenters. The zero-order chi connectivity index (χ0) is 21.8. The van der Waals surface area contributed by atoms with E-state index in [-0.39, 0.29) is 11.5 Å². The van der Waals surface area contributed by atoms with Crippen molar-refractivity contribution in [1.29, 1.82) is 0 Å². The smallest absolute Gasteiger partial charge is 0.259 e. The van der Waals surface area contributed by atoms with Gasteiger partial charge in [-0.15, -0.1) is 11.3 Å². The first kappa shape index (κ1) is 21.9. The minimum Gasteiger partial charge on any atom is -0.375 e. The molecule has 0 saturated heterocycles. The molecule has 3 aromatic rings. The summed E-state index contributed by atoms with van der Waals surface area (Å²) >= 11 is 3.28. The van der Waals surface area contributed by atoms with Crippen molar-refractivity contribution < 1.29 is 4.79 Å². The number of amides is 1. The van der Waals surface area contributed by atoms with Crippen LogP contribution in [0.15, 0.2) is 29.1 Å². The molecule has 0 aliphatic heterocycles. The highest BCUT2D eigenvalue weighted by atomic mass is 32.2. The Morgan fingerprint density at radius 1 is 1.32 bits per heavy atom. The Labute approximate surface area is 190 Å². The Hall–Kier alpha value is -2.32. The molecule has 164 valence electrons. The standard InChI is InChI=1S/C23H28N4O2S2/c1-3-27(2)16-8-6-7-15(13-16)24-20(28)11-12-30-14-19-25-22(29)21-17-9-4-5-10-18(17)31-23(21)26-19/h6-8,13H,3-5,9-12,14H2,1-2H3,(H,24,28)(H,25,26,29). The Morgan fingerprint density at radius 2 is 2.16 bits per heavy atom. The van der Waals surface area contributed by atoms with Gasteiger partial charge in [0.1, 0.15) is 10.7 Å². The van der Waals surface area contributed by atoms with Crippen LogP contribution in [0.1, 0.15) is 42.5 Å². The van der Waals surface area contributed by atoms with Crippen LogP contribution in [-0.4, -0.2) is 35.2 Å². The van der Waals surface area contributed by atoms with Crippen LogP contribution < -0.4 is 15.8 Å². The number of rotatable bonds is 8.